The Kier molecular flexibility index (Phi) is 59.4. The zero-order valence-corrected chi connectivity index (χ0v) is 54.0. The minimum absolute atomic E-state index is 0.0534. The van der Waals surface area contributed by atoms with Gasteiger partial charge in [0.1, 0.15) is 13.2 Å². The fraction of sp³-hybridized carbons (Fsp3) is 0.843. The maximum absolute atomic E-state index is 13.0. The molecule has 9 heteroatoms. The summed E-state index contributed by atoms with van der Waals surface area (Å²) in [5.41, 5.74) is 0. The molecule has 0 aromatic rings. The summed E-state index contributed by atoms with van der Waals surface area (Å²) >= 11 is 0. The van der Waals surface area contributed by atoms with E-state index in [0.29, 0.717) is 17.4 Å². The number of allylic oxidation sites excluding steroid dienone is 9. The van der Waals surface area contributed by atoms with Crippen molar-refractivity contribution in [3.63, 3.8) is 0 Å². The van der Waals surface area contributed by atoms with Crippen LogP contribution in [0, 0.1) is 0 Å². The number of nitrogens with one attached hydrogen (secondary N) is 1. The molecule has 0 aliphatic carbocycles. The first-order chi connectivity index (χ1) is 38.5. The number of unbranched alkanes of at least 4 members (excludes halogenated alkanes) is 42. The molecule has 3 atom stereocenters. The summed E-state index contributed by atoms with van der Waals surface area (Å²) in [6.07, 6.45) is 83.7. The first-order valence-corrected chi connectivity index (χ1v) is 35.7. The summed E-state index contributed by atoms with van der Waals surface area (Å²) in [5.74, 6) is -0.186. The normalized spacial score (nSPS) is 14.1. The topological polar surface area (TPSA) is 105 Å². The van der Waals surface area contributed by atoms with E-state index in [1.165, 1.54) is 257 Å². The van der Waals surface area contributed by atoms with E-state index in [2.05, 4.69) is 67.8 Å². The molecule has 0 fully saturated rings. The lowest BCUT2D eigenvalue weighted by Crippen LogP contribution is -2.45. The second-order valence-electron chi connectivity index (χ2n) is 24.5. The third-order valence-corrected chi connectivity index (χ3v) is 16.4. The Bertz CT molecular complexity index is 1470. The number of carbonyl (C=O) groups is 1. The number of hydrogen-bond acceptors (Lipinski definition) is 5. The molecular formula is C70H134N2O6P+. The van der Waals surface area contributed by atoms with Crippen LogP contribution in [-0.4, -0.2) is 73.4 Å². The highest BCUT2D eigenvalue weighted by Crippen LogP contribution is 2.43. The number of amides is 1. The second-order valence-corrected chi connectivity index (χ2v) is 26.0. The highest BCUT2D eigenvalue weighted by atomic mass is 31.2. The Balaban J connectivity index is 4.13. The largest absolute Gasteiger partial charge is 0.472 e. The van der Waals surface area contributed by atoms with Crippen molar-refractivity contribution in [2.75, 3.05) is 40.9 Å². The molecule has 0 aliphatic heterocycles. The van der Waals surface area contributed by atoms with Gasteiger partial charge in [0, 0.05) is 6.42 Å². The summed E-state index contributed by atoms with van der Waals surface area (Å²) in [5, 5.41) is 14.0. The lowest BCUT2D eigenvalue weighted by atomic mass is 10.0. The lowest BCUT2D eigenvalue weighted by Gasteiger charge is -2.25. The zero-order valence-electron chi connectivity index (χ0n) is 53.1. The van der Waals surface area contributed by atoms with Crippen molar-refractivity contribution >= 4 is 13.7 Å². The van der Waals surface area contributed by atoms with E-state index < -0.39 is 20.0 Å². The average molecular weight is 1130 g/mol. The molecule has 0 spiro atoms. The molecule has 0 bridgehead atoms. The number of carbonyl (C=O) groups excluding carboxylic acids is 1. The number of aliphatic hydroxyl groups is 1. The van der Waals surface area contributed by atoms with Gasteiger partial charge >= 0.3 is 7.82 Å². The third kappa shape index (κ3) is 63.6. The van der Waals surface area contributed by atoms with Crippen LogP contribution >= 0.6 is 7.82 Å². The molecule has 0 aliphatic rings. The Morgan fingerprint density at radius 1 is 0.430 bits per heavy atom. The molecule has 0 aromatic carbocycles. The number of hydrogen-bond donors (Lipinski definition) is 3. The maximum atomic E-state index is 13.0. The van der Waals surface area contributed by atoms with Gasteiger partial charge in [-0.05, 0) is 77.0 Å². The number of aliphatic hydroxyl groups excluding tert-OH is 1. The van der Waals surface area contributed by atoms with Crippen LogP contribution in [0.1, 0.15) is 328 Å². The highest BCUT2D eigenvalue weighted by Gasteiger charge is 2.28. The highest BCUT2D eigenvalue weighted by molar-refractivity contribution is 7.47. The van der Waals surface area contributed by atoms with Gasteiger partial charge in [0.2, 0.25) is 5.91 Å². The van der Waals surface area contributed by atoms with Crippen LogP contribution in [0.5, 0.6) is 0 Å². The van der Waals surface area contributed by atoms with E-state index in [1.807, 2.05) is 27.2 Å². The van der Waals surface area contributed by atoms with Crippen molar-refractivity contribution < 1.29 is 32.9 Å². The molecule has 0 radical (unpaired) electrons. The van der Waals surface area contributed by atoms with Gasteiger partial charge in [0.05, 0.1) is 39.9 Å². The number of phosphoric acid groups is 1. The van der Waals surface area contributed by atoms with Crippen LogP contribution in [0.25, 0.3) is 0 Å². The molecule has 0 aromatic heterocycles. The Labute approximate surface area is 492 Å². The van der Waals surface area contributed by atoms with Crippen LogP contribution in [0.4, 0.5) is 0 Å². The lowest BCUT2D eigenvalue weighted by molar-refractivity contribution is -0.870. The summed E-state index contributed by atoms with van der Waals surface area (Å²) < 4.78 is 23.8. The Morgan fingerprint density at radius 3 is 1.09 bits per heavy atom. The summed E-state index contributed by atoms with van der Waals surface area (Å²) in [6.45, 7) is 4.82. The standard InChI is InChI=1S/C70H133N2O6P/c1-6-8-10-12-14-16-18-20-22-24-26-28-30-32-34-35-36-37-38-40-42-44-46-48-50-52-54-56-58-60-62-64-70(74)71-68(67-78-79(75,76)77-66-65-72(3,4)5)69(73)63-61-59-57-55-53-51-49-47-45-43-41-39-33-31-29-27-25-23-21-19-17-15-13-11-9-7-2/h18,20,24,26,45,47,53,55,61,63,68-69,73H,6-17,19,21-23,25,27-44,46,48-52,54,56-60,62,64-67H2,1-5H3,(H-,71,74,75,76)/p+1/b20-18-,26-24-,47-45+,55-53+,63-61+. The van der Waals surface area contributed by atoms with E-state index in [4.69, 9.17) is 9.05 Å². The van der Waals surface area contributed by atoms with Crippen molar-refractivity contribution in [1.82, 2.24) is 5.32 Å². The predicted octanol–water partition coefficient (Wildman–Crippen LogP) is 21.6. The first kappa shape index (κ1) is 77.2. The maximum Gasteiger partial charge on any atom is 0.472 e. The van der Waals surface area contributed by atoms with Gasteiger partial charge in [-0.1, -0.05) is 306 Å². The van der Waals surface area contributed by atoms with Gasteiger partial charge < -0.3 is 19.8 Å². The summed E-state index contributed by atoms with van der Waals surface area (Å²) in [6, 6.07) is -0.872. The minimum atomic E-state index is -4.37. The van der Waals surface area contributed by atoms with Gasteiger partial charge in [-0.15, -0.1) is 0 Å². The molecule has 0 saturated heterocycles. The van der Waals surface area contributed by atoms with Crippen molar-refractivity contribution in [1.29, 1.82) is 0 Å². The quantitative estimate of drug-likeness (QED) is 0.0243. The molecule has 1 amide bonds. The molecule has 3 unspecified atom stereocenters. The number of phosphoric ester groups is 1. The molecule has 8 nitrogen and oxygen atoms in total. The molecule has 0 heterocycles. The van der Waals surface area contributed by atoms with Crippen LogP contribution in [0.15, 0.2) is 60.8 Å². The van der Waals surface area contributed by atoms with Crippen LogP contribution in [0.3, 0.4) is 0 Å². The van der Waals surface area contributed by atoms with E-state index in [0.717, 1.165) is 51.4 Å². The van der Waals surface area contributed by atoms with E-state index in [-0.39, 0.29) is 19.1 Å². The number of nitrogens with zero attached hydrogens (tertiary/aromatic N) is 1. The number of quaternary nitrogens is 1. The van der Waals surface area contributed by atoms with E-state index in [9.17, 15) is 19.4 Å². The molecule has 79 heavy (non-hydrogen) atoms. The van der Waals surface area contributed by atoms with Crippen molar-refractivity contribution in [3.05, 3.63) is 60.8 Å². The molecule has 0 saturated carbocycles. The second kappa shape index (κ2) is 60.8. The van der Waals surface area contributed by atoms with Crippen molar-refractivity contribution in [2.45, 2.75) is 341 Å². The van der Waals surface area contributed by atoms with Crippen LogP contribution in [0.2, 0.25) is 0 Å². The van der Waals surface area contributed by atoms with E-state index in [1.54, 1.807) is 6.08 Å². The monoisotopic (exact) mass is 1130 g/mol. The fourth-order valence-electron chi connectivity index (χ4n) is 10.1. The van der Waals surface area contributed by atoms with Gasteiger partial charge in [0.15, 0.2) is 0 Å². The van der Waals surface area contributed by atoms with Crippen LogP contribution < -0.4 is 5.32 Å². The summed E-state index contributed by atoms with van der Waals surface area (Å²) in [4.78, 5) is 23.4. The predicted molar refractivity (Wildman–Crippen MR) is 346 cm³/mol. The fourth-order valence-corrected chi connectivity index (χ4v) is 10.8. The van der Waals surface area contributed by atoms with E-state index >= 15 is 0 Å². The Morgan fingerprint density at radius 2 is 0.734 bits per heavy atom. The molecule has 3 N–H and O–H groups in total. The SMILES string of the molecule is CCCCCCC/C=C\C/C=C\CCCCCCCCCCCCCCCCCCCCCC(=O)NC(COP(=O)(O)OCC[N+](C)(C)C)C(O)/C=C/CC/C=C/CC/C=C/CCCCCCCCCCCCCCCCCC. The zero-order chi connectivity index (χ0) is 57.7. The van der Waals surface area contributed by atoms with Gasteiger partial charge in [0.25, 0.3) is 0 Å². The molecule has 0 rings (SSSR count). The number of likely N-dealkylation sites (N-methyl/N-ethyl adjacent to an activating group) is 1. The number of rotatable bonds is 63. The average Bonchev–Trinajstić information content (AvgIpc) is 3.42. The third-order valence-electron chi connectivity index (χ3n) is 15.4. The van der Waals surface area contributed by atoms with Gasteiger partial charge in [-0.3, -0.25) is 13.8 Å². The van der Waals surface area contributed by atoms with Gasteiger partial charge in [-0.2, -0.15) is 0 Å². The van der Waals surface area contributed by atoms with Gasteiger partial charge in [-0.25, -0.2) is 4.57 Å². The van der Waals surface area contributed by atoms with Crippen molar-refractivity contribution in [3.8, 4) is 0 Å². The molecule has 464 valence electrons. The van der Waals surface area contributed by atoms with Crippen LogP contribution in [-0.2, 0) is 18.4 Å². The van der Waals surface area contributed by atoms with Crippen molar-refractivity contribution in [2.24, 2.45) is 0 Å². The minimum Gasteiger partial charge on any atom is -0.387 e. The molecular weight excluding hydrogens is 996 g/mol. The Hall–Kier alpha value is -1.80. The summed E-state index contributed by atoms with van der Waals surface area (Å²) in [7, 11) is 1.55. The first-order valence-electron chi connectivity index (χ1n) is 34.2. The smallest absolute Gasteiger partial charge is 0.387 e.